The van der Waals surface area contributed by atoms with Crippen molar-refractivity contribution in [2.45, 2.75) is 12.8 Å². The van der Waals surface area contributed by atoms with Crippen LogP contribution in [0.4, 0.5) is 0 Å². The minimum Gasteiger partial charge on any atom is -0.330 e. The fourth-order valence-electron chi connectivity index (χ4n) is 0.834. The van der Waals surface area contributed by atoms with Crippen molar-refractivity contribution in [1.29, 1.82) is 0 Å². The lowest BCUT2D eigenvalue weighted by Gasteiger charge is -2.14. The molecule has 0 unspecified atom stereocenters. The Morgan fingerprint density at radius 3 is 1.38 bits per heavy atom. The van der Waals surface area contributed by atoms with Crippen LogP contribution >= 0.6 is 37.2 Å². The molecule has 0 saturated carbocycles. The predicted octanol–water partition coefficient (Wildman–Crippen LogP) is 0.881. The van der Waals surface area contributed by atoms with E-state index in [1.165, 1.54) is 0 Å². The summed E-state index contributed by atoms with van der Waals surface area (Å²) in [6, 6.07) is 0. The number of halogens is 3. The Morgan fingerprint density at radius 1 is 0.846 bits per heavy atom. The van der Waals surface area contributed by atoms with Crippen molar-refractivity contribution < 1.29 is 0 Å². The van der Waals surface area contributed by atoms with Crippen LogP contribution in [0.5, 0.6) is 0 Å². The number of nitrogens with two attached hydrogens (primary N) is 2. The summed E-state index contributed by atoms with van der Waals surface area (Å²) in [6.07, 6.45) is 2.17. The molecule has 0 spiro atoms. The maximum absolute atomic E-state index is 5.35. The lowest BCUT2D eigenvalue weighted by Crippen LogP contribution is -2.24. The molecule has 4 N–H and O–H groups in total. The third kappa shape index (κ3) is 19.2. The summed E-state index contributed by atoms with van der Waals surface area (Å²) in [5.41, 5.74) is 10.7. The van der Waals surface area contributed by atoms with Gasteiger partial charge in [-0.15, -0.1) is 37.2 Å². The van der Waals surface area contributed by atoms with Gasteiger partial charge in [-0.3, -0.25) is 0 Å². The zero-order valence-electron chi connectivity index (χ0n) is 8.07. The number of rotatable bonds is 6. The Morgan fingerprint density at radius 2 is 1.15 bits per heavy atom. The van der Waals surface area contributed by atoms with E-state index in [2.05, 4.69) is 11.9 Å². The molecular formula is C7H22Cl3N3. The van der Waals surface area contributed by atoms with Crippen molar-refractivity contribution in [3.05, 3.63) is 0 Å². The molecule has 86 valence electrons. The minimum absolute atomic E-state index is 0. The Labute approximate surface area is 99.8 Å². The zero-order valence-corrected chi connectivity index (χ0v) is 10.5. The van der Waals surface area contributed by atoms with Crippen LogP contribution in [0.25, 0.3) is 0 Å². The molecule has 0 aromatic carbocycles. The van der Waals surface area contributed by atoms with Crippen LogP contribution in [0, 0.1) is 0 Å². The van der Waals surface area contributed by atoms with Crippen molar-refractivity contribution in [3.8, 4) is 0 Å². The molecule has 0 bridgehead atoms. The second-order valence-electron chi connectivity index (χ2n) is 2.59. The van der Waals surface area contributed by atoms with Crippen LogP contribution in [0.15, 0.2) is 0 Å². The van der Waals surface area contributed by atoms with Crippen LogP contribution in [0.1, 0.15) is 12.8 Å². The van der Waals surface area contributed by atoms with Gasteiger partial charge in [-0.25, -0.2) is 0 Å². The molecule has 0 aromatic rings. The van der Waals surface area contributed by atoms with E-state index in [4.69, 9.17) is 11.5 Å². The van der Waals surface area contributed by atoms with Gasteiger partial charge in [0.2, 0.25) is 0 Å². The van der Waals surface area contributed by atoms with Crippen molar-refractivity contribution >= 4 is 37.2 Å². The van der Waals surface area contributed by atoms with Crippen molar-refractivity contribution in [2.75, 3.05) is 33.2 Å². The van der Waals surface area contributed by atoms with Crippen molar-refractivity contribution in [1.82, 2.24) is 4.90 Å². The van der Waals surface area contributed by atoms with E-state index in [-0.39, 0.29) is 37.2 Å². The first-order valence-electron chi connectivity index (χ1n) is 3.90. The van der Waals surface area contributed by atoms with Crippen LogP contribution in [0.3, 0.4) is 0 Å². The molecular weight excluding hydrogens is 232 g/mol. The van der Waals surface area contributed by atoms with Crippen molar-refractivity contribution in [2.24, 2.45) is 11.5 Å². The zero-order chi connectivity index (χ0) is 7.82. The molecule has 3 nitrogen and oxygen atoms in total. The standard InChI is InChI=1S/C7H19N3.3ClH/c1-10(6-2-4-8)7-3-5-9;;;/h2-9H2,1H3;3*1H. The summed E-state index contributed by atoms with van der Waals surface area (Å²) in [5, 5.41) is 0. The minimum atomic E-state index is 0. The molecule has 0 radical (unpaired) electrons. The first-order chi connectivity index (χ1) is 4.81. The molecule has 0 aliphatic rings. The van der Waals surface area contributed by atoms with Gasteiger partial charge in [0.25, 0.3) is 0 Å². The molecule has 0 fully saturated rings. The molecule has 0 aliphatic carbocycles. The van der Waals surface area contributed by atoms with E-state index >= 15 is 0 Å². The predicted molar refractivity (Wildman–Crippen MR) is 66.6 cm³/mol. The number of nitrogens with zero attached hydrogens (tertiary/aromatic N) is 1. The second-order valence-corrected chi connectivity index (χ2v) is 2.59. The van der Waals surface area contributed by atoms with Gasteiger partial charge in [0.05, 0.1) is 0 Å². The fourth-order valence-corrected chi connectivity index (χ4v) is 0.834. The third-order valence-electron chi connectivity index (χ3n) is 1.49. The normalized spacial score (nSPS) is 8.31. The van der Waals surface area contributed by atoms with Gasteiger partial charge in [-0.1, -0.05) is 0 Å². The van der Waals surface area contributed by atoms with Gasteiger partial charge in [0, 0.05) is 0 Å². The highest BCUT2D eigenvalue weighted by atomic mass is 35.5. The quantitative estimate of drug-likeness (QED) is 0.740. The third-order valence-corrected chi connectivity index (χ3v) is 1.49. The maximum Gasteiger partial charge on any atom is -0.000976 e. The molecule has 0 heterocycles. The Kier molecular flexibility index (Phi) is 33.5. The smallest absolute Gasteiger partial charge is 0.000976 e. The summed E-state index contributed by atoms with van der Waals surface area (Å²) in [6.45, 7) is 3.76. The van der Waals surface area contributed by atoms with E-state index in [9.17, 15) is 0 Å². The highest BCUT2D eigenvalue weighted by molar-refractivity contribution is 5.86. The van der Waals surface area contributed by atoms with E-state index in [0.717, 1.165) is 39.0 Å². The van der Waals surface area contributed by atoms with Gasteiger partial charge >= 0.3 is 0 Å². The topological polar surface area (TPSA) is 55.3 Å². The molecule has 0 rings (SSSR count). The highest BCUT2D eigenvalue weighted by Gasteiger charge is 1.94. The summed E-state index contributed by atoms with van der Waals surface area (Å²) in [4.78, 5) is 2.26. The van der Waals surface area contributed by atoms with E-state index in [0.29, 0.717) is 0 Å². The number of hydrogen-bond acceptors (Lipinski definition) is 3. The maximum atomic E-state index is 5.35. The fraction of sp³-hybridized carbons (Fsp3) is 1.00. The molecule has 6 heteroatoms. The van der Waals surface area contributed by atoms with E-state index in [1.54, 1.807) is 0 Å². The molecule has 0 aromatic heterocycles. The lowest BCUT2D eigenvalue weighted by atomic mass is 10.3. The molecule has 0 amide bonds. The van der Waals surface area contributed by atoms with Crippen LogP contribution in [-0.2, 0) is 0 Å². The summed E-state index contributed by atoms with van der Waals surface area (Å²) in [7, 11) is 2.10. The van der Waals surface area contributed by atoms with Crippen LogP contribution < -0.4 is 11.5 Å². The molecule has 13 heavy (non-hydrogen) atoms. The summed E-state index contributed by atoms with van der Waals surface area (Å²) >= 11 is 0. The lowest BCUT2D eigenvalue weighted by molar-refractivity contribution is 0.329. The molecule has 0 saturated heterocycles. The van der Waals surface area contributed by atoms with Gasteiger partial charge in [-0.05, 0) is 46.1 Å². The summed E-state index contributed by atoms with van der Waals surface area (Å²) in [5.74, 6) is 0. The SMILES string of the molecule is CN(CCCN)CCCN.Cl.Cl.Cl. The Hall–Kier alpha value is 0.750. The first-order valence-corrected chi connectivity index (χ1v) is 3.90. The van der Waals surface area contributed by atoms with Crippen LogP contribution in [-0.4, -0.2) is 38.1 Å². The molecule has 0 aliphatic heterocycles. The van der Waals surface area contributed by atoms with Gasteiger partial charge in [-0.2, -0.15) is 0 Å². The Bertz CT molecular complexity index is 68.0. The largest absolute Gasteiger partial charge is 0.330 e. The van der Waals surface area contributed by atoms with E-state index in [1.807, 2.05) is 0 Å². The van der Waals surface area contributed by atoms with Crippen LogP contribution in [0.2, 0.25) is 0 Å². The highest BCUT2D eigenvalue weighted by Crippen LogP contribution is 1.86. The average Bonchev–Trinajstić information content (AvgIpc) is 1.97. The van der Waals surface area contributed by atoms with Gasteiger partial charge in [0.1, 0.15) is 0 Å². The van der Waals surface area contributed by atoms with Crippen molar-refractivity contribution in [3.63, 3.8) is 0 Å². The first kappa shape index (κ1) is 23.5. The second kappa shape index (κ2) is 18.5. The monoisotopic (exact) mass is 253 g/mol. The Balaban J connectivity index is -0.000000135. The number of hydrogen-bond donors (Lipinski definition) is 2. The van der Waals surface area contributed by atoms with E-state index < -0.39 is 0 Å². The average molecular weight is 255 g/mol. The van der Waals surface area contributed by atoms with Gasteiger partial charge < -0.3 is 16.4 Å². The summed E-state index contributed by atoms with van der Waals surface area (Å²) < 4.78 is 0. The van der Waals surface area contributed by atoms with Gasteiger partial charge in [0.15, 0.2) is 0 Å². The molecule has 0 atom stereocenters.